The highest BCUT2D eigenvalue weighted by Crippen LogP contribution is 2.33. The first-order valence-corrected chi connectivity index (χ1v) is 11.5. The summed E-state index contributed by atoms with van der Waals surface area (Å²) in [6.07, 6.45) is 6.48. The fraction of sp³-hybridized carbons (Fsp3) is 0.556. The minimum Gasteiger partial charge on any atom is -0.355 e. The summed E-state index contributed by atoms with van der Waals surface area (Å²) in [5, 5.41) is 3.66. The number of carbonyl (C=O) groups is 1. The third-order valence-electron chi connectivity index (χ3n) is 5.45. The van der Waals surface area contributed by atoms with Crippen molar-refractivity contribution < 1.29 is 17.7 Å². The minimum absolute atomic E-state index is 0.0478. The molecule has 2 fully saturated rings. The summed E-state index contributed by atoms with van der Waals surface area (Å²) < 4.78 is 32.6. The SMILES string of the molecule is CN(CC1CC(=O)N(C2CCCC2)C1)S(=O)(=O)c1ccc(-c2ccno2)s1. The molecule has 9 heteroatoms. The van der Waals surface area contributed by atoms with Crippen LogP contribution in [0.25, 0.3) is 10.6 Å². The van der Waals surface area contributed by atoms with Gasteiger partial charge in [0.15, 0.2) is 5.76 Å². The summed E-state index contributed by atoms with van der Waals surface area (Å²) in [5.41, 5.74) is 0. The van der Waals surface area contributed by atoms with Crippen molar-refractivity contribution in [3.8, 4) is 10.6 Å². The molecular weight excluding hydrogens is 386 g/mol. The van der Waals surface area contributed by atoms with Gasteiger partial charge in [-0.1, -0.05) is 18.0 Å². The van der Waals surface area contributed by atoms with Crippen LogP contribution in [0.1, 0.15) is 32.1 Å². The molecule has 0 spiro atoms. The van der Waals surface area contributed by atoms with Crippen LogP contribution < -0.4 is 0 Å². The van der Waals surface area contributed by atoms with E-state index in [0.29, 0.717) is 31.3 Å². The summed E-state index contributed by atoms with van der Waals surface area (Å²) in [4.78, 5) is 15.1. The fourth-order valence-electron chi connectivity index (χ4n) is 4.05. The molecule has 1 saturated carbocycles. The lowest BCUT2D eigenvalue weighted by molar-refractivity contribution is -0.129. The predicted octanol–water partition coefficient (Wildman–Crippen LogP) is 2.81. The molecule has 3 heterocycles. The minimum atomic E-state index is -3.59. The molecule has 1 amide bonds. The monoisotopic (exact) mass is 409 g/mol. The Morgan fingerprint density at radius 3 is 2.78 bits per heavy atom. The summed E-state index contributed by atoms with van der Waals surface area (Å²) >= 11 is 1.16. The van der Waals surface area contributed by atoms with Gasteiger partial charge in [0.1, 0.15) is 4.21 Å². The van der Waals surface area contributed by atoms with Crippen molar-refractivity contribution in [1.29, 1.82) is 0 Å². The molecule has 27 heavy (non-hydrogen) atoms. The van der Waals surface area contributed by atoms with Crippen LogP contribution in [0.15, 0.2) is 33.1 Å². The molecule has 2 aromatic heterocycles. The molecule has 0 N–H and O–H groups in total. The standard InChI is InChI=1S/C18H23N3O4S2/c1-20(11-13-10-17(22)21(12-13)14-4-2-3-5-14)27(23,24)18-7-6-16(26-18)15-8-9-19-25-15/h6-9,13-14H,2-5,10-12H2,1H3. The number of thiophene rings is 1. The van der Waals surface area contributed by atoms with E-state index in [1.165, 1.54) is 23.3 Å². The van der Waals surface area contributed by atoms with Gasteiger partial charge in [0, 0.05) is 38.7 Å². The normalized spacial score (nSPS) is 21.6. The lowest BCUT2D eigenvalue weighted by Crippen LogP contribution is -2.36. The predicted molar refractivity (Wildman–Crippen MR) is 102 cm³/mol. The van der Waals surface area contributed by atoms with Crippen LogP contribution in [-0.4, -0.2) is 54.9 Å². The lowest BCUT2D eigenvalue weighted by atomic mass is 10.1. The van der Waals surface area contributed by atoms with E-state index in [9.17, 15) is 13.2 Å². The van der Waals surface area contributed by atoms with E-state index in [1.807, 2.05) is 4.90 Å². The molecule has 2 aliphatic rings. The first-order valence-electron chi connectivity index (χ1n) is 9.22. The molecule has 1 atom stereocenters. The molecule has 7 nitrogen and oxygen atoms in total. The van der Waals surface area contributed by atoms with Gasteiger partial charge in [-0.3, -0.25) is 4.79 Å². The smallest absolute Gasteiger partial charge is 0.252 e. The van der Waals surface area contributed by atoms with Gasteiger partial charge in [-0.15, -0.1) is 11.3 Å². The van der Waals surface area contributed by atoms with E-state index in [4.69, 9.17) is 4.52 Å². The van der Waals surface area contributed by atoms with Crippen molar-refractivity contribution in [1.82, 2.24) is 14.4 Å². The molecule has 1 unspecified atom stereocenters. The second-order valence-electron chi connectivity index (χ2n) is 7.34. The molecule has 2 aromatic rings. The average molecular weight is 410 g/mol. The van der Waals surface area contributed by atoms with Crippen molar-refractivity contribution in [3.05, 3.63) is 24.4 Å². The summed E-state index contributed by atoms with van der Waals surface area (Å²) in [7, 11) is -2.00. The molecule has 1 aliphatic carbocycles. The quantitative estimate of drug-likeness (QED) is 0.733. The van der Waals surface area contributed by atoms with E-state index < -0.39 is 10.0 Å². The molecule has 0 aromatic carbocycles. The second-order valence-corrected chi connectivity index (χ2v) is 10.7. The number of likely N-dealkylation sites (tertiary alicyclic amines) is 1. The van der Waals surface area contributed by atoms with Gasteiger partial charge in [0.05, 0.1) is 11.1 Å². The van der Waals surface area contributed by atoms with Crippen molar-refractivity contribution >= 4 is 27.3 Å². The number of hydrogen-bond donors (Lipinski definition) is 0. The van der Waals surface area contributed by atoms with Gasteiger partial charge in [-0.25, -0.2) is 8.42 Å². The Morgan fingerprint density at radius 1 is 1.30 bits per heavy atom. The number of aromatic nitrogens is 1. The van der Waals surface area contributed by atoms with Crippen LogP contribution in [0.4, 0.5) is 0 Å². The number of sulfonamides is 1. The van der Waals surface area contributed by atoms with E-state index in [-0.39, 0.29) is 16.0 Å². The zero-order valence-electron chi connectivity index (χ0n) is 15.2. The maximum absolute atomic E-state index is 12.9. The van der Waals surface area contributed by atoms with Crippen LogP contribution in [0, 0.1) is 5.92 Å². The molecular formula is C18H23N3O4S2. The van der Waals surface area contributed by atoms with Crippen molar-refractivity contribution in [3.63, 3.8) is 0 Å². The molecule has 0 bridgehead atoms. The maximum atomic E-state index is 12.9. The number of rotatable bonds is 6. The molecule has 1 aliphatic heterocycles. The van der Waals surface area contributed by atoms with Crippen LogP contribution in [0.2, 0.25) is 0 Å². The Kier molecular flexibility index (Phi) is 5.09. The fourth-order valence-corrected chi connectivity index (χ4v) is 6.77. The average Bonchev–Trinajstić information content (AvgIpc) is 3.41. The third-order valence-corrected chi connectivity index (χ3v) is 8.84. The Labute approximate surface area is 163 Å². The first kappa shape index (κ1) is 18.6. The highest BCUT2D eigenvalue weighted by molar-refractivity contribution is 7.91. The van der Waals surface area contributed by atoms with Crippen LogP contribution in [0.3, 0.4) is 0 Å². The lowest BCUT2D eigenvalue weighted by Gasteiger charge is -2.25. The summed E-state index contributed by atoms with van der Waals surface area (Å²) in [6, 6.07) is 5.38. The van der Waals surface area contributed by atoms with E-state index in [0.717, 1.165) is 29.1 Å². The van der Waals surface area contributed by atoms with Crippen LogP contribution in [-0.2, 0) is 14.8 Å². The summed E-state index contributed by atoms with van der Waals surface area (Å²) in [6.45, 7) is 1.02. The maximum Gasteiger partial charge on any atom is 0.252 e. The van der Waals surface area contributed by atoms with Gasteiger partial charge >= 0.3 is 0 Å². The molecule has 0 radical (unpaired) electrons. The van der Waals surface area contributed by atoms with Gasteiger partial charge in [0.2, 0.25) is 5.91 Å². The number of hydrogen-bond acceptors (Lipinski definition) is 6. The van der Waals surface area contributed by atoms with Crippen LogP contribution >= 0.6 is 11.3 Å². The van der Waals surface area contributed by atoms with E-state index in [1.54, 1.807) is 25.2 Å². The van der Waals surface area contributed by atoms with Crippen molar-refractivity contribution in [2.24, 2.45) is 5.92 Å². The topological polar surface area (TPSA) is 83.7 Å². The number of carbonyl (C=O) groups excluding carboxylic acids is 1. The van der Waals surface area contributed by atoms with Gasteiger partial charge in [-0.05, 0) is 30.9 Å². The van der Waals surface area contributed by atoms with E-state index in [2.05, 4.69) is 5.16 Å². The Bertz CT molecular complexity index is 901. The van der Waals surface area contributed by atoms with E-state index >= 15 is 0 Å². The van der Waals surface area contributed by atoms with Gasteiger partial charge < -0.3 is 9.42 Å². The van der Waals surface area contributed by atoms with Crippen molar-refractivity contribution in [2.75, 3.05) is 20.1 Å². The Balaban J connectivity index is 1.43. The highest BCUT2D eigenvalue weighted by Gasteiger charge is 2.37. The number of nitrogens with zero attached hydrogens (tertiary/aromatic N) is 3. The van der Waals surface area contributed by atoms with Crippen molar-refractivity contribution in [2.45, 2.75) is 42.4 Å². The van der Waals surface area contributed by atoms with Gasteiger partial charge in [-0.2, -0.15) is 4.31 Å². The third kappa shape index (κ3) is 3.68. The van der Waals surface area contributed by atoms with Crippen LogP contribution in [0.5, 0.6) is 0 Å². The molecule has 146 valence electrons. The first-order chi connectivity index (χ1) is 12.9. The summed E-state index contributed by atoms with van der Waals surface area (Å²) in [5.74, 6) is 0.769. The Hall–Kier alpha value is -1.71. The highest BCUT2D eigenvalue weighted by atomic mass is 32.2. The Morgan fingerprint density at radius 2 is 2.07 bits per heavy atom. The zero-order chi connectivity index (χ0) is 19.0. The molecule has 4 rings (SSSR count). The zero-order valence-corrected chi connectivity index (χ0v) is 16.8. The second kappa shape index (κ2) is 7.37. The molecule has 1 saturated heterocycles. The van der Waals surface area contributed by atoms with Gasteiger partial charge in [0.25, 0.3) is 10.0 Å². The largest absolute Gasteiger partial charge is 0.355 e. The number of amides is 1.